The molecule has 37 heavy (non-hydrogen) atoms. The summed E-state index contributed by atoms with van der Waals surface area (Å²) in [6.45, 7) is 3.87. The summed E-state index contributed by atoms with van der Waals surface area (Å²) in [5, 5.41) is 14.0. The smallest absolute Gasteiger partial charge is 0.425 e. The van der Waals surface area contributed by atoms with Crippen molar-refractivity contribution in [3.8, 4) is 23.1 Å². The Morgan fingerprint density at radius 3 is 2.54 bits per heavy atom. The van der Waals surface area contributed by atoms with Crippen LogP contribution in [0.4, 0.5) is 13.2 Å². The first-order valence-corrected chi connectivity index (χ1v) is 11.7. The van der Waals surface area contributed by atoms with E-state index in [0.29, 0.717) is 5.69 Å². The van der Waals surface area contributed by atoms with Crippen molar-refractivity contribution in [1.29, 1.82) is 0 Å². The third kappa shape index (κ3) is 5.09. The number of aliphatic hydroxyl groups excluding tert-OH is 1. The lowest BCUT2D eigenvalue weighted by molar-refractivity contribution is -0.189. The first-order valence-electron chi connectivity index (χ1n) is 10.9. The third-order valence-electron chi connectivity index (χ3n) is 5.44. The van der Waals surface area contributed by atoms with Gasteiger partial charge < -0.3 is 14.6 Å². The van der Waals surface area contributed by atoms with Crippen molar-refractivity contribution in [2.75, 3.05) is 0 Å². The average Bonchev–Trinajstić information content (AvgIpc) is 3.17. The van der Waals surface area contributed by atoms with Crippen molar-refractivity contribution in [3.05, 3.63) is 62.6 Å². The summed E-state index contributed by atoms with van der Waals surface area (Å²) in [7, 11) is 0. The number of nitrogens with zero attached hydrogens (tertiary/aromatic N) is 5. The Balaban J connectivity index is 2.00. The number of hydrogen-bond acceptors (Lipinski definition) is 7. The quantitative estimate of drug-likeness (QED) is 0.332. The summed E-state index contributed by atoms with van der Waals surface area (Å²) >= 11 is 12.8. The van der Waals surface area contributed by atoms with Crippen molar-refractivity contribution in [2.24, 2.45) is 0 Å². The fourth-order valence-electron chi connectivity index (χ4n) is 3.57. The van der Waals surface area contributed by atoms with Gasteiger partial charge in [-0.3, -0.25) is 9.55 Å². The summed E-state index contributed by atoms with van der Waals surface area (Å²) in [4.78, 5) is 21.2. The zero-order chi connectivity index (χ0) is 27.1. The minimum atomic E-state index is -4.70. The van der Waals surface area contributed by atoms with Gasteiger partial charge in [0.1, 0.15) is 17.4 Å². The number of aliphatic hydroxyl groups is 1. The number of rotatable bonds is 7. The number of alkyl halides is 3. The van der Waals surface area contributed by atoms with E-state index in [4.69, 9.17) is 32.7 Å². The average molecular weight is 558 g/mol. The van der Waals surface area contributed by atoms with Crippen LogP contribution in [0.5, 0.6) is 17.4 Å². The van der Waals surface area contributed by atoms with Crippen molar-refractivity contribution < 1.29 is 27.8 Å². The Morgan fingerprint density at radius 1 is 1.19 bits per heavy atom. The Morgan fingerprint density at radius 2 is 1.92 bits per heavy atom. The van der Waals surface area contributed by atoms with E-state index in [1.54, 1.807) is 13.8 Å². The number of aromatic nitrogens is 5. The molecule has 0 saturated heterocycles. The van der Waals surface area contributed by atoms with Gasteiger partial charge >= 0.3 is 11.9 Å². The first-order chi connectivity index (χ1) is 17.5. The molecule has 14 heteroatoms. The molecule has 1 atom stereocenters. The fourth-order valence-corrected chi connectivity index (χ4v) is 4.01. The molecule has 3 heterocycles. The molecule has 0 bridgehead atoms. The lowest BCUT2D eigenvalue weighted by Crippen LogP contribution is -2.31. The molecule has 3 aromatic heterocycles. The number of fused-ring (bicyclic) bond motifs is 1. The van der Waals surface area contributed by atoms with Gasteiger partial charge in [-0.1, -0.05) is 23.2 Å². The van der Waals surface area contributed by atoms with E-state index in [1.807, 2.05) is 0 Å². The van der Waals surface area contributed by atoms with Crippen molar-refractivity contribution in [2.45, 2.75) is 46.2 Å². The van der Waals surface area contributed by atoms with Crippen LogP contribution in [0.25, 0.3) is 16.5 Å². The van der Waals surface area contributed by atoms with Crippen LogP contribution in [0.3, 0.4) is 0 Å². The van der Waals surface area contributed by atoms with Gasteiger partial charge in [0.15, 0.2) is 17.7 Å². The van der Waals surface area contributed by atoms with Gasteiger partial charge in [0.2, 0.25) is 5.88 Å². The van der Waals surface area contributed by atoms with Gasteiger partial charge in [0.05, 0.1) is 16.1 Å². The van der Waals surface area contributed by atoms with Crippen molar-refractivity contribution in [1.82, 2.24) is 24.3 Å². The minimum Gasteiger partial charge on any atom is -0.480 e. The molecule has 4 rings (SSSR count). The molecule has 4 aromatic rings. The summed E-state index contributed by atoms with van der Waals surface area (Å²) < 4.78 is 53.7. The van der Waals surface area contributed by atoms with Gasteiger partial charge in [0, 0.05) is 42.2 Å². The number of pyridine rings is 2. The number of hydrogen-bond donors (Lipinski definition) is 1. The van der Waals surface area contributed by atoms with E-state index >= 15 is 0 Å². The second-order valence-corrected chi connectivity index (χ2v) is 8.70. The summed E-state index contributed by atoms with van der Waals surface area (Å²) in [6.07, 6.45) is -4.24. The summed E-state index contributed by atoms with van der Waals surface area (Å²) in [5.41, 5.74) is -0.125. The highest BCUT2D eigenvalue weighted by Gasteiger charge is 2.39. The molecule has 0 spiro atoms. The number of benzene rings is 1. The highest BCUT2D eigenvalue weighted by atomic mass is 35.5. The lowest BCUT2D eigenvalue weighted by atomic mass is 10.1. The molecule has 1 aromatic carbocycles. The fraction of sp³-hybridized carbons (Fsp3) is 0.304. The zero-order valence-electron chi connectivity index (χ0n) is 19.7. The molecule has 0 amide bonds. The molecule has 0 aliphatic heterocycles. The number of halogens is 5. The van der Waals surface area contributed by atoms with Gasteiger partial charge in [-0.25, -0.2) is 9.78 Å². The van der Waals surface area contributed by atoms with E-state index < -0.39 is 24.6 Å². The molecule has 0 radical (unpaired) electrons. The molecule has 9 nitrogen and oxygen atoms in total. The van der Waals surface area contributed by atoms with Crippen LogP contribution in [0, 0.1) is 6.92 Å². The van der Waals surface area contributed by atoms with Gasteiger partial charge in [-0.05, 0) is 26.8 Å². The summed E-state index contributed by atoms with van der Waals surface area (Å²) in [5.74, 6) is -0.232. The summed E-state index contributed by atoms with van der Waals surface area (Å²) in [6, 6.07) is 4.12. The van der Waals surface area contributed by atoms with Crippen LogP contribution in [0.1, 0.15) is 25.4 Å². The Labute approximate surface area is 218 Å². The first kappa shape index (κ1) is 26.7. The zero-order valence-corrected chi connectivity index (χ0v) is 21.2. The molecular weight excluding hydrogens is 538 g/mol. The largest absolute Gasteiger partial charge is 0.480 e. The highest BCUT2D eigenvalue weighted by molar-refractivity contribution is 6.38. The van der Waals surface area contributed by atoms with E-state index in [0.717, 1.165) is 17.7 Å². The molecule has 0 saturated carbocycles. The predicted molar refractivity (Wildman–Crippen MR) is 130 cm³/mol. The second-order valence-electron chi connectivity index (χ2n) is 7.92. The van der Waals surface area contributed by atoms with Crippen molar-refractivity contribution >= 4 is 34.0 Å². The monoisotopic (exact) mass is 557 g/mol. The molecule has 0 fully saturated rings. The molecule has 196 valence electrons. The Bertz CT molecular complexity index is 1540. The normalized spacial score (nSPS) is 12.7. The highest BCUT2D eigenvalue weighted by Crippen LogP contribution is 2.43. The Kier molecular flexibility index (Phi) is 7.36. The van der Waals surface area contributed by atoms with Crippen LogP contribution in [0.15, 0.2) is 35.4 Å². The maximum Gasteiger partial charge on any atom is 0.425 e. The topological polar surface area (TPSA) is 104 Å². The Hall–Kier alpha value is -3.35. The van der Waals surface area contributed by atoms with Crippen molar-refractivity contribution in [3.63, 3.8) is 0 Å². The van der Waals surface area contributed by atoms with E-state index in [-0.39, 0.29) is 56.3 Å². The third-order valence-corrected chi connectivity index (χ3v) is 6.13. The molecular formula is C23H20Cl2F3N5O4. The van der Waals surface area contributed by atoms with Crippen LogP contribution >= 0.6 is 23.2 Å². The van der Waals surface area contributed by atoms with Crippen LogP contribution in [0.2, 0.25) is 10.0 Å². The molecule has 0 unspecified atom stereocenters. The molecule has 0 aliphatic carbocycles. The molecule has 1 N–H and O–H groups in total. The minimum absolute atomic E-state index is 0.0169. The number of aryl methyl sites for hydroxylation is 1. The van der Waals surface area contributed by atoms with Gasteiger partial charge in [-0.2, -0.15) is 17.9 Å². The van der Waals surface area contributed by atoms with E-state index in [9.17, 15) is 23.1 Å². The van der Waals surface area contributed by atoms with Crippen LogP contribution in [-0.4, -0.2) is 41.7 Å². The molecule has 0 aliphatic rings. The lowest BCUT2D eigenvalue weighted by Gasteiger charge is -2.21. The predicted octanol–water partition coefficient (Wildman–Crippen LogP) is 5.23. The van der Waals surface area contributed by atoms with E-state index in [2.05, 4.69) is 15.1 Å². The number of ether oxygens (including phenoxy) is 2. The van der Waals surface area contributed by atoms with Gasteiger partial charge in [0.25, 0.3) is 0 Å². The maximum absolute atomic E-state index is 13.5. The SMILES string of the molecule is CCn1c(CO)nn(-c2cc(O[C@@H](C)C(F)(F)F)c3c(Oc4cc(C)ncc4Cl)nccc3c2Cl)c1=O. The van der Waals surface area contributed by atoms with Crippen LogP contribution in [-0.2, 0) is 13.2 Å². The van der Waals surface area contributed by atoms with Crippen LogP contribution < -0.4 is 15.2 Å². The van der Waals surface area contributed by atoms with E-state index in [1.165, 1.54) is 29.1 Å². The van der Waals surface area contributed by atoms with Gasteiger partial charge in [-0.15, -0.1) is 5.10 Å². The maximum atomic E-state index is 13.5. The second kappa shape index (κ2) is 10.2. The standard InChI is InChI=1S/C23H20Cl2F3N5O4/c1-4-32-18(10-34)31-33(22(32)35)15-8-17(36-12(3)23(26,27)28)19-13(20(15)25)5-6-29-21(19)37-16-7-11(2)30-9-14(16)24/h5-9,12,34H,4,10H2,1-3H3/t12-/m0/s1.